The zero-order valence-corrected chi connectivity index (χ0v) is 9.94. The van der Waals surface area contributed by atoms with Gasteiger partial charge in [-0.1, -0.05) is 20.3 Å². The van der Waals surface area contributed by atoms with Crippen molar-refractivity contribution < 1.29 is 14.3 Å². The molecule has 0 saturated carbocycles. The number of primary amides is 1. The number of likely N-dealkylation sites (tertiary alicyclic amines) is 1. The largest absolute Gasteiger partial charge is 0.464 e. The minimum Gasteiger partial charge on any atom is -0.464 e. The molecule has 1 rings (SSSR count). The SMILES string of the molecule is CCC(C)COC(=O)C1CCCN1C(N)=O. The number of amides is 2. The molecule has 0 spiro atoms. The van der Waals surface area contributed by atoms with Gasteiger partial charge in [-0.2, -0.15) is 0 Å². The van der Waals surface area contributed by atoms with Gasteiger partial charge in [0.15, 0.2) is 0 Å². The van der Waals surface area contributed by atoms with E-state index in [1.807, 2.05) is 13.8 Å². The van der Waals surface area contributed by atoms with E-state index in [0.717, 1.165) is 12.8 Å². The van der Waals surface area contributed by atoms with Gasteiger partial charge in [0, 0.05) is 6.54 Å². The first-order valence-electron chi connectivity index (χ1n) is 5.79. The van der Waals surface area contributed by atoms with Crippen LogP contribution in [0.15, 0.2) is 0 Å². The predicted molar refractivity (Wildman–Crippen MR) is 59.7 cm³/mol. The minimum absolute atomic E-state index is 0.323. The van der Waals surface area contributed by atoms with Crippen molar-refractivity contribution in [3.8, 4) is 0 Å². The Morgan fingerprint density at radius 1 is 1.56 bits per heavy atom. The second-order valence-electron chi connectivity index (χ2n) is 4.33. The molecule has 2 amide bonds. The summed E-state index contributed by atoms with van der Waals surface area (Å²) in [5, 5.41) is 0. The van der Waals surface area contributed by atoms with E-state index in [0.29, 0.717) is 25.5 Å². The van der Waals surface area contributed by atoms with Crippen LogP contribution in [-0.4, -0.2) is 36.1 Å². The topological polar surface area (TPSA) is 72.6 Å². The predicted octanol–water partition coefficient (Wildman–Crippen LogP) is 1.12. The summed E-state index contributed by atoms with van der Waals surface area (Å²) in [6.07, 6.45) is 2.44. The lowest BCUT2D eigenvalue weighted by Crippen LogP contribution is -2.44. The number of nitrogens with zero attached hydrogens (tertiary/aromatic N) is 1. The van der Waals surface area contributed by atoms with Gasteiger partial charge >= 0.3 is 12.0 Å². The van der Waals surface area contributed by atoms with Crippen LogP contribution in [0.25, 0.3) is 0 Å². The summed E-state index contributed by atoms with van der Waals surface area (Å²) in [5.41, 5.74) is 5.19. The number of carbonyl (C=O) groups is 2. The molecule has 92 valence electrons. The third-order valence-electron chi connectivity index (χ3n) is 3.01. The highest BCUT2D eigenvalue weighted by molar-refractivity contribution is 5.83. The van der Waals surface area contributed by atoms with Crippen molar-refractivity contribution in [3.63, 3.8) is 0 Å². The number of hydrogen-bond acceptors (Lipinski definition) is 3. The molecular weight excluding hydrogens is 208 g/mol. The molecule has 0 aromatic rings. The van der Waals surface area contributed by atoms with Crippen LogP contribution in [0.5, 0.6) is 0 Å². The molecule has 1 heterocycles. The van der Waals surface area contributed by atoms with Gasteiger partial charge in [-0.15, -0.1) is 0 Å². The van der Waals surface area contributed by atoms with E-state index >= 15 is 0 Å². The lowest BCUT2D eigenvalue weighted by molar-refractivity contribution is -0.149. The summed E-state index contributed by atoms with van der Waals surface area (Å²) < 4.78 is 5.17. The second-order valence-corrected chi connectivity index (χ2v) is 4.33. The van der Waals surface area contributed by atoms with Crippen LogP contribution in [0.3, 0.4) is 0 Å². The van der Waals surface area contributed by atoms with E-state index in [-0.39, 0.29) is 5.97 Å². The Kier molecular flexibility index (Phi) is 4.58. The fourth-order valence-corrected chi connectivity index (χ4v) is 1.71. The fourth-order valence-electron chi connectivity index (χ4n) is 1.71. The molecule has 1 fully saturated rings. The standard InChI is InChI=1S/C11H20N2O3/c1-3-8(2)7-16-10(14)9-5-4-6-13(9)11(12)15/h8-9H,3-7H2,1-2H3,(H2,12,15). The number of hydrogen-bond donors (Lipinski definition) is 1. The van der Waals surface area contributed by atoms with Crippen molar-refractivity contribution in [1.82, 2.24) is 4.90 Å². The van der Waals surface area contributed by atoms with E-state index < -0.39 is 12.1 Å². The Labute approximate surface area is 95.9 Å². The van der Waals surface area contributed by atoms with Gasteiger partial charge in [0.1, 0.15) is 6.04 Å². The number of nitrogens with two attached hydrogens (primary N) is 1. The van der Waals surface area contributed by atoms with Gasteiger partial charge in [0.05, 0.1) is 6.61 Å². The van der Waals surface area contributed by atoms with E-state index in [9.17, 15) is 9.59 Å². The molecule has 0 radical (unpaired) electrons. The molecule has 5 nitrogen and oxygen atoms in total. The van der Waals surface area contributed by atoms with Gasteiger partial charge in [0.2, 0.25) is 0 Å². The number of carbonyl (C=O) groups excluding carboxylic acids is 2. The van der Waals surface area contributed by atoms with E-state index in [1.165, 1.54) is 4.90 Å². The molecule has 1 aliphatic heterocycles. The monoisotopic (exact) mass is 228 g/mol. The van der Waals surface area contributed by atoms with Crippen LogP contribution < -0.4 is 5.73 Å². The van der Waals surface area contributed by atoms with Crippen LogP contribution >= 0.6 is 0 Å². The maximum atomic E-state index is 11.7. The third-order valence-corrected chi connectivity index (χ3v) is 3.01. The number of ether oxygens (including phenoxy) is 1. The second kappa shape index (κ2) is 5.72. The average molecular weight is 228 g/mol. The number of esters is 1. The minimum atomic E-state index is -0.539. The van der Waals surface area contributed by atoms with Crippen molar-refractivity contribution in [2.75, 3.05) is 13.2 Å². The average Bonchev–Trinajstić information content (AvgIpc) is 2.74. The zero-order chi connectivity index (χ0) is 12.1. The molecule has 5 heteroatoms. The molecule has 2 atom stereocenters. The maximum Gasteiger partial charge on any atom is 0.328 e. The summed E-state index contributed by atoms with van der Waals surface area (Å²) in [6, 6.07) is -1.01. The molecule has 0 aromatic carbocycles. The summed E-state index contributed by atoms with van der Waals surface area (Å²) >= 11 is 0. The van der Waals surface area contributed by atoms with Crippen LogP contribution in [-0.2, 0) is 9.53 Å². The van der Waals surface area contributed by atoms with Crippen LogP contribution in [0.2, 0.25) is 0 Å². The third kappa shape index (κ3) is 3.12. The molecule has 0 bridgehead atoms. The molecule has 16 heavy (non-hydrogen) atoms. The van der Waals surface area contributed by atoms with Crippen LogP contribution in [0.4, 0.5) is 4.79 Å². The van der Waals surface area contributed by atoms with Crippen LogP contribution in [0, 0.1) is 5.92 Å². The Balaban J connectivity index is 2.44. The number of urea groups is 1. The van der Waals surface area contributed by atoms with Gasteiger partial charge in [-0.3, -0.25) is 0 Å². The van der Waals surface area contributed by atoms with Crippen molar-refractivity contribution in [2.45, 2.75) is 39.2 Å². The van der Waals surface area contributed by atoms with E-state index in [4.69, 9.17) is 10.5 Å². The summed E-state index contributed by atoms with van der Waals surface area (Å²) in [6.45, 7) is 5.04. The summed E-state index contributed by atoms with van der Waals surface area (Å²) in [5.74, 6) is 0.0315. The van der Waals surface area contributed by atoms with Gasteiger partial charge in [0.25, 0.3) is 0 Å². The molecular formula is C11H20N2O3. The van der Waals surface area contributed by atoms with Gasteiger partial charge < -0.3 is 15.4 Å². The van der Waals surface area contributed by atoms with Crippen molar-refractivity contribution in [2.24, 2.45) is 11.7 Å². The van der Waals surface area contributed by atoms with Crippen molar-refractivity contribution in [3.05, 3.63) is 0 Å². The molecule has 0 aromatic heterocycles. The highest BCUT2D eigenvalue weighted by Crippen LogP contribution is 2.18. The zero-order valence-electron chi connectivity index (χ0n) is 9.94. The smallest absolute Gasteiger partial charge is 0.328 e. The lowest BCUT2D eigenvalue weighted by atomic mass is 10.1. The normalized spacial score (nSPS) is 21.9. The maximum absolute atomic E-state index is 11.7. The summed E-state index contributed by atoms with van der Waals surface area (Å²) in [4.78, 5) is 24.1. The van der Waals surface area contributed by atoms with E-state index in [1.54, 1.807) is 0 Å². The van der Waals surface area contributed by atoms with Crippen molar-refractivity contribution in [1.29, 1.82) is 0 Å². The summed E-state index contributed by atoms with van der Waals surface area (Å²) in [7, 11) is 0. The fraction of sp³-hybridized carbons (Fsp3) is 0.818. The molecule has 1 aliphatic rings. The lowest BCUT2D eigenvalue weighted by Gasteiger charge is -2.21. The van der Waals surface area contributed by atoms with E-state index in [2.05, 4.69) is 0 Å². The van der Waals surface area contributed by atoms with Crippen LogP contribution in [0.1, 0.15) is 33.1 Å². The Bertz CT molecular complexity index is 268. The van der Waals surface area contributed by atoms with Gasteiger partial charge in [-0.05, 0) is 18.8 Å². The molecule has 1 saturated heterocycles. The number of rotatable bonds is 4. The van der Waals surface area contributed by atoms with Gasteiger partial charge in [-0.25, -0.2) is 9.59 Å². The Morgan fingerprint density at radius 2 is 2.25 bits per heavy atom. The Morgan fingerprint density at radius 3 is 2.81 bits per heavy atom. The molecule has 0 aliphatic carbocycles. The highest BCUT2D eigenvalue weighted by atomic mass is 16.5. The highest BCUT2D eigenvalue weighted by Gasteiger charge is 2.34. The van der Waals surface area contributed by atoms with Crippen molar-refractivity contribution >= 4 is 12.0 Å². The first-order valence-corrected chi connectivity index (χ1v) is 5.79. The quantitative estimate of drug-likeness (QED) is 0.733. The molecule has 2 unspecified atom stereocenters. The first-order chi connectivity index (χ1) is 7.56. The Hall–Kier alpha value is -1.26. The first kappa shape index (κ1) is 12.8. The molecule has 2 N–H and O–H groups in total.